The Hall–Kier alpha value is -1.83. The minimum Gasteiger partial charge on any atom is -0.398 e. The molecule has 7 nitrogen and oxygen atoms in total. The van der Waals surface area contributed by atoms with Crippen LogP contribution in [0.25, 0.3) is 0 Å². The standard InChI is InChI=1S/C22H34ClN5O2/c1-15(2)20(25-21(29)16-4-5-18(23)19(24)14-16)22(30)28-12-10-27(11-13-28)17-6-8-26(3)9-7-17/h4-5,14-15,17,20H,6-13,24H2,1-3H3,(H,25,29)/t20-/m1/s1. The van der Waals surface area contributed by atoms with E-state index in [-0.39, 0.29) is 17.7 Å². The highest BCUT2D eigenvalue weighted by Gasteiger charge is 2.33. The van der Waals surface area contributed by atoms with Crippen molar-refractivity contribution in [1.82, 2.24) is 20.0 Å². The maximum atomic E-state index is 13.2. The topological polar surface area (TPSA) is 81.9 Å². The summed E-state index contributed by atoms with van der Waals surface area (Å²) in [7, 11) is 2.17. The van der Waals surface area contributed by atoms with Gasteiger partial charge in [0.05, 0.1) is 10.7 Å². The number of hydrogen-bond acceptors (Lipinski definition) is 5. The molecule has 2 aliphatic rings. The van der Waals surface area contributed by atoms with Gasteiger partial charge < -0.3 is 20.9 Å². The number of piperidine rings is 1. The zero-order valence-corrected chi connectivity index (χ0v) is 19.0. The Kier molecular flexibility index (Phi) is 7.60. The van der Waals surface area contributed by atoms with Crippen LogP contribution in [0.4, 0.5) is 5.69 Å². The number of halogens is 1. The van der Waals surface area contributed by atoms with Crippen molar-refractivity contribution in [3.05, 3.63) is 28.8 Å². The lowest BCUT2D eigenvalue weighted by Gasteiger charge is -2.43. The van der Waals surface area contributed by atoms with Crippen molar-refractivity contribution in [2.24, 2.45) is 5.92 Å². The Balaban J connectivity index is 1.57. The number of piperazine rings is 1. The third kappa shape index (κ3) is 5.45. The molecule has 2 aliphatic heterocycles. The maximum absolute atomic E-state index is 13.2. The van der Waals surface area contributed by atoms with E-state index in [0.717, 1.165) is 26.2 Å². The van der Waals surface area contributed by atoms with E-state index >= 15 is 0 Å². The molecule has 0 aliphatic carbocycles. The van der Waals surface area contributed by atoms with E-state index in [1.165, 1.54) is 12.8 Å². The molecular formula is C22H34ClN5O2. The number of likely N-dealkylation sites (tertiary alicyclic amines) is 1. The maximum Gasteiger partial charge on any atom is 0.252 e. The first kappa shape index (κ1) is 22.8. The molecule has 0 bridgehead atoms. The summed E-state index contributed by atoms with van der Waals surface area (Å²) < 4.78 is 0. The summed E-state index contributed by atoms with van der Waals surface area (Å²) >= 11 is 5.94. The number of carbonyl (C=O) groups excluding carboxylic acids is 2. The first-order valence-corrected chi connectivity index (χ1v) is 11.2. The minimum atomic E-state index is -0.565. The second-order valence-corrected chi connectivity index (χ2v) is 9.23. The predicted molar refractivity (Wildman–Crippen MR) is 121 cm³/mol. The molecule has 3 rings (SSSR count). The van der Waals surface area contributed by atoms with Gasteiger partial charge in [0.1, 0.15) is 6.04 Å². The van der Waals surface area contributed by atoms with Crippen molar-refractivity contribution >= 4 is 29.1 Å². The lowest BCUT2D eigenvalue weighted by Crippen LogP contribution is -2.58. The quantitative estimate of drug-likeness (QED) is 0.690. The van der Waals surface area contributed by atoms with Crippen molar-refractivity contribution in [3.8, 4) is 0 Å². The summed E-state index contributed by atoms with van der Waals surface area (Å²) in [4.78, 5) is 32.7. The number of carbonyl (C=O) groups is 2. The number of nitrogen functional groups attached to an aromatic ring is 1. The molecule has 2 fully saturated rings. The normalized spacial score (nSPS) is 20.4. The number of amides is 2. The second kappa shape index (κ2) is 9.98. The molecule has 2 amide bonds. The molecule has 0 aromatic heterocycles. The highest BCUT2D eigenvalue weighted by atomic mass is 35.5. The number of nitrogens with one attached hydrogen (secondary N) is 1. The van der Waals surface area contributed by atoms with E-state index in [9.17, 15) is 9.59 Å². The van der Waals surface area contributed by atoms with Gasteiger partial charge in [-0.15, -0.1) is 0 Å². The Morgan fingerprint density at radius 3 is 2.30 bits per heavy atom. The summed E-state index contributed by atoms with van der Waals surface area (Å²) in [6.45, 7) is 9.39. The van der Waals surface area contributed by atoms with Crippen LogP contribution in [-0.4, -0.2) is 84.9 Å². The summed E-state index contributed by atoms with van der Waals surface area (Å²) in [5, 5.41) is 3.32. The summed E-state index contributed by atoms with van der Waals surface area (Å²) in [5.74, 6) is -0.336. The van der Waals surface area contributed by atoms with E-state index in [1.807, 2.05) is 18.7 Å². The van der Waals surface area contributed by atoms with Crippen LogP contribution in [0.1, 0.15) is 37.0 Å². The molecule has 1 aromatic rings. The van der Waals surface area contributed by atoms with Crippen molar-refractivity contribution in [2.75, 3.05) is 52.0 Å². The SMILES string of the molecule is CC(C)[C@@H](NC(=O)c1ccc(Cl)c(N)c1)C(=O)N1CCN(C2CCN(C)CC2)CC1. The van der Waals surface area contributed by atoms with Gasteiger partial charge in [-0.25, -0.2) is 0 Å². The van der Waals surface area contributed by atoms with E-state index in [0.29, 0.717) is 35.4 Å². The average Bonchev–Trinajstić information content (AvgIpc) is 2.74. The number of hydrogen-bond donors (Lipinski definition) is 2. The highest BCUT2D eigenvalue weighted by molar-refractivity contribution is 6.33. The van der Waals surface area contributed by atoms with Crippen molar-refractivity contribution < 1.29 is 9.59 Å². The van der Waals surface area contributed by atoms with Crippen LogP contribution in [0.5, 0.6) is 0 Å². The first-order chi connectivity index (χ1) is 14.3. The van der Waals surface area contributed by atoms with Gasteiger partial charge >= 0.3 is 0 Å². The van der Waals surface area contributed by atoms with E-state index in [1.54, 1.807) is 18.2 Å². The molecule has 0 spiro atoms. The molecular weight excluding hydrogens is 402 g/mol. The summed E-state index contributed by atoms with van der Waals surface area (Å²) in [5.41, 5.74) is 6.57. The number of rotatable bonds is 5. The molecule has 166 valence electrons. The average molecular weight is 436 g/mol. The van der Waals surface area contributed by atoms with Crippen molar-refractivity contribution in [2.45, 2.75) is 38.8 Å². The van der Waals surface area contributed by atoms with Gasteiger partial charge in [0, 0.05) is 37.8 Å². The molecule has 0 saturated carbocycles. The number of anilines is 1. The molecule has 2 saturated heterocycles. The number of nitrogens with two attached hydrogens (primary N) is 1. The van der Waals surface area contributed by atoms with E-state index in [2.05, 4.69) is 22.2 Å². The van der Waals surface area contributed by atoms with Crippen molar-refractivity contribution in [3.63, 3.8) is 0 Å². The zero-order chi connectivity index (χ0) is 21.8. The zero-order valence-electron chi connectivity index (χ0n) is 18.2. The largest absolute Gasteiger partial charge is 0.398 e. The molecule has 1 aromatic carbocycles. The van der Waals surface area contributed by atoms with Gasteiger partial charge in [0.15, 0.2) is 0 Å². The molecule has 0 radical (unpaired) electrons. The summed E-state index contributed by atoms with van der Waals surface area (Å²) in [6.07, 6.45) is 2.39. The lowest BCUT2D eigenvalue weighted by molar-refractivity contribution is -0.136. The smallest absolute Gasteiger partial charge is 0.252 e. The number of benzene rings is 1. The Labute approximate surface area is 184 Å². The monoisotopic (exact) mass is 435 g/mol. The molecule has 30 heavy (non-hydrogen) atoms. The minimum absolute atomic E-state index is 0.0108. The fourth-order valence-electron chi connectivity index (χ4n) is 4.29. The van der Waals surface area contributed by atoms with Crippen molar-refractivity contribution in [1.29, 1.82) is 0 Å². The molecule has 8 heteroatoms. The predicted octanol–water partition coefficient (Wildman–Crippen LogP) is 1.92. The molecule has 0 unspecified atom stereocenters. The van der Waals surface area contributed by atoms with Gasteiger partial charge in [-0.3, -0.25) is 14.5 Å². The van der Waals surface area contributed by atoms with E-state index in [4.69, 9.17) is 17.3 Å². The van der Waals surface area contributed by atoms with Gasteiger partial charge in [0.25, 0.3) is 5.91 Å². The fraction of sp³-hybridized carbons (Fsp3) is 0.636. The lowest BCUT2D eigenvalue weighted by atomic mass is 10.0. The second-order valence-electron chi connectivity index (χ2n) is 8.83. The van der Waals surface area contributed by atoms with Gasteiger partial charge in [-0.2, -0.15) is 0 Å². The third-order valence-corrected chi connectivity index (χ3v) is 6.65. The Morgan fingerprint density at radius 1 is 1.10 bits per heavy atom. The van der Waals surface area contributed by atoms with Crippen LogP contribution in [0, 0.1) is 5.92 Å². The number of nitrogens with zero attached hydrogens (tertiary/aromatic N) is 3. The van der Waals surface area contributed by atoms with Crippen LogP contribution in [-0.2, 0) is 4.79 Å². The van der Waals surface area contributed by atoms with Crippen LogP contribution in [0.15, 0.2) is 18.2 Å². The van der Waals surface area contributed by atoms with Crippen LogP contribution in [0.3, 0.4) is 0 Å². The molecule has 2 heterocycles. The van der Waals surface area contributed by atoms with Gasteiger partial charge in [0.2, 0.25) is 5.91 Å². The van der Waals surface area contributed by atoms with Gasteiger partial charge in [-0.1, -0.05) is 25.4 Å². The van der Waals surface area contributed by atoms with Crippen LogP contribution >= 0.6 is 11.6 Å². The first-order valence-electron chi connectivity index (χ1n) is 10.8. The molecule has 1 atom stereocenters. The fourth-order valence-corrected chi connectivity index (χ4v) is 4.40. The third-order valence-electron chi connectivity index (χ3n) is 6.31. The Bertz CT molecular complexity index is 756. The molecule has 3 N–H and O–H groups in total. The summed E-state index contributed by atoms with van der Waals surface area (Å²) in [6, 6.07) is 4.81. The van der Waals surface area contributed by atoms with Crippen LogP contribution in [0.2, 0.25) is 5.02 Å². The van der Waals surface area contributed by atoms with E-state index < -0.39 is 6.04 Å². The highest BCUT2D eigenvalue weighted by Crippen LogP contribution is 2.21. The van der Waals surface area contributed by atoms with Gasteiger partial charge in [-0.05, 0) is 57.1 Å². The van der Waals surface area contributed by atoms with Crippen LogP contribution < -0.4 is 11.1 Å². The Morgan fingerprint density at radius 2 is 1.73 bits per heavy atom.